The van der Waals surface area contributed by atoms with Crippen LogP contribution in [0.1, 0.15) is 30.5 Å². The monoisotopic (exact) mass is 472 g/mol. The minimum absolute atomic E-state index is 0.0159. The summed E-state index contributed by atoms with van der Waals surface area (Å²) in [7, 11) is 0. The molecule has 0 unspecified atom stereocenters. The molecule has 2 amide bonds. The normalized spacial score (nSPS) is 15.9. The van der Waals surface area contributed by atoms with Gasteiger partial charge < -0.3 is 4.74 Å². The van der Waals surface area contributed by atoms with Gasteiger partial charge in [0.25, 0.3) is 11.8 Å². The second-order valence-corrected chi connectivity index (χ2v) is 8.40. The van der Waals surface area contributed by atoms with Crippen LogP contribution in [0, 0.1) is 13.8 Å². The second kappa shape index (κ2) is 8.47. The van der Waals surface area contributed by atoms with Gasteiger partial charge in [0.1, 0.15) is 11.3 Å². The van der Waals surface area contributed by atoms with Gasteiger partial charge in [-0.2, -0.15) is 0 Å². The Morgan fingerprint density at radius 1 is 1.10 bits per heavy atom. The molecule has 1 saturated heterocycles. The van der Waals surface area contributed by atoms with E-state index in [4.69, 9.17) is 17.0 Å². The minimum Gasteiger partial charge on any atom is -0.490 e. The van der Waals surface area contributed by atoms with Gasteiger partial charge >= 0.3 is 0 Å². The molecule has 0 aromatic heterocycles. The number of nitrogens with one attached hydrogen (secondary N) is 1. The maximum absolute atomic E-state index is 13.1. The van der Waals surface area contributed by atoms with E-state index >= 15 is 0 Å². The molecule has 7 heteroatoms. The summed E-state index contributed by atoms with van der Waals surface area (Å²) in [5.41, 5.74) is 3.34. The summed E-state index contributed by atoms with van der Waals surface area (Å²) in [4.78, 5) is 27.0. The van der Waals surface area contributed by atoms with Crippen molar-refractivity contribution in [2.24, 2.45) is 0 Å². The zero-order valence-electron chi connectivity index (χ0n) is 16.6. The van der Waals surface area contributed by atoms with Crippen LogP contribution in [0.25, 0.3) is 6.08 Å². The van der Waals surface area contributed by atoms with E-state index in [-0.39, 0.29) is 16.8 Å². The first-order valence-corrected chi connectivity index (χ1v) is 10.3. The molecule has 150 valence electrons. The summed E-state index contributed by atoms with van der Waals surface area (Å²) >= 11 is 8.74. The quantitative estimate of drug-likeness (QED) is 0.398. The van der Waals surface area contributed by atoms with Gasteiger partial charge in [0.15, 0.2) is 5.11 Å². The van der Waals surface area contributed by atoms with Crippen LogP contribution in [0.5, 0.6) is 5.75 Å². The molecule has 2 aromatic rings. The molecular weight excluding hydrogens is 452 g/mol. The van der Waals surface area contributed by atoms with E-state index in [2.05, 4.69) is 21.2 Å². The van der Waals surface area contributed by atoms with E-state index in [9.17, 15) is 9.59 Å². The van der Waals surface area contributed by atoms with Gasteiger partial charge in [0.05, 0.1) is 16.3 Å². The zero-order valence-corrected chi connectivity index (χ0v) is 19.0. The molecule has 0 radical (unpaired) electrons. The van der Waals surface area contributed by atoms with Crippen LogP contribution >= 0.6 is 28.1 Å². The number of halogens is 1. The number of benzene rings is 2. The number of carbonyl (C=O) groups is 2. The highest BCUT2D eigenvalue weighted by Gasteiger charge is 2.34. The summed E-state index contributed by atoms with van der Waals surface area (Å²) in [6, 6.07) is 11.1. The lowest BCUT2D eigenvalue weighted by atomic mass is 10.1. The van der Waals surface area contributed by atoms with E-state index in [0.29, 0.717) is 17.0 Å². The average Bonchev–Trinajstić information content (AvgIpc) is 2.59. The van der Waals surface area contributed by atoms with Gasteiger partial charge in [-0.05, 0) is 103 Å². The van der Waals surface area contributed by atoms with Crippen LogP contribution in [0.15, 0.2) is 46.4 Å². The van der Waals surface area contributed by atoms with Crippen molar-refractivity contribution in [1.29, 1.82) is 0 Å². The van der Waals surface area contributed by atoms with Crippen molar-refractivity contribution in [3.8, 4) is 5.75 Å². The number of hydrogen-bond donors (Lipinski definition) is 1. The molecular formula is C22H21BrN2O3S. The van der Waals surface area contributed by atoms with Crippen molar-refractivity contribution in [2.45, 2.75) is 33.8 Å². The fraction of sp³-hybridized carbons (Fsp3) is 0.227. The van der Waals surface area contributed by atoms with Crippen LogP contribution in [-0.4, -0.2) is 23.0 Å². The van der Waals surface area contributed by atoms with Crippen LogP contribution in [0.3, 0.4) is 0 Å². The summed E-state index contributed by atoms with van der Waals surface area (Å²) in [5.74, 6) is -0.277. The molecule has 1 N–H and O–H groups in total. The van der Waals surface area contributed by atoms with Crippen molar-refractivity contribution in [3.63, 3.8) is 0 Å². The predicted molar refractivity (Wildman–Crippen MR) is 122 cm³/mol. The first-order chi connectivity index (χ1) is 13.7. The SMILES string of the molecule is Cc1cc(C)cc(N2C(=O)/C(=C/c3ccc(OC(C)C)c(Br)c3)C(=O)NC2=S)c1. The third-order valence-corrected chi connectivity index (χ3v) is 5.10. The fourth-order valence-corrected chi connectivity index (χ4v) is 3.87. The van der Waals surface area contributed by atoms with Crippen LogP contribution in [0.4, 0.5) is 5.69 Å². The Kier molecular flexibility index (Phi) is 6.19. The molecule has 1 fully saturated rings. The Morgan fingerprint density at radius 2 is 1.76 bits per heavy atom. The van der Waals surface area contributed by atoms with Crippen molar-refractivity contribution >= 4 is 56.8 Å². The molecule has 5 nitrogen and oxygen atoms in total. The van der Waals surface area contributed by atoms with Crippen LogP contribution < -0.4 is 15.0 Å². The zero-order chi connectivity index (χ0) is 21.3. The summed E-state index contributed by atoms with van der Waals surface area (Å²) in [6.07, 6.45) is 1.59. The highest BCUT2D eigenvalue weighted by Crippen LogP contribution is 2.29. The summed E-state index contributed by atoms with van der Waals surface area (Å²) in [5, 5.41) is 2.69. The van der Waals surface area contributed by atoms with Crippen LogP contribution in [-0.2, 0) is 9.59 Å². The molecule has 3 rings (SSSR count). The molecule has 0 atom stereocenters. The Bertz CT molecular complexity index is 1030. The number of amides is 2. The van der Waals surface area contributed by atoms with E-state index < -0.39 is 11.8 Å². The van der Waals surface area contributed by atoms with Crippen molar-refractivity contribution in [3.05, 3.63) is 63.1 Å². The largest absolute Gasteiger partial charge is 0.490 e. The molecule has 0 aliphatic carbocycles. The summed E-state index contributed by atoms with van der Waals surface area (Å²) < 4.78 is 6.45. The van der Waals surface area contributed by atoms with Crippen molar-refractivity contribution < 1.29 is 14.3 Å². The van der Waals surface area contributed by atoms with Gasteiger partial charge in [-0.15, -0.1) is 0 Å². The molecule has 29 heavy (non-hydrogen) atoms. The van der Waals surface area contributed by atoms with Crippen LogP contribution in [0.2, 0.25) is 0 Å². The van der Waals surface area contributed by atoms with Gasteiger partial charge in [-0.1, -0.05) is 12.1 Å². The molecule has 0 spiro atoms. The number of aryl methyl sites for hydroxylation is 2. The molecule has 0 saturated carbocycles. The second-order valence-electron chi connectivity index (χ2n) is 7.16. The Morgan fingerprint density at radius 3 is 2.34 bits per heavy atom. The smallest absolute Gasteiger partial charge is 0.270 e. The Balaban J connectivity index is 1.98. The minimum atomic E-state index is -0.515. The Hall–Kier alpha value is -2.51. The average molecular weight is 473 g/mol. The number of nitrogens with zero attached hydrogens (tertiary/aromatic N) is 1. The topological polar surface area (TPSA) is 58.6 Å². The third-order valence-electron chi connectivity index (χ3n) is 4.20. The number of rotatable bonds is 4. The fourth-order valence-electron chi connectivity index (χ4n) is 3.09. The first-order valence-electron chi connectivity index (χ1n) is 9.11. The lowest BCUT2D eigenvalue weighted by Gasteiger charge is -2.29. The van der Waals surface area contributed by atoms with Gasteiger partial charge in [0, 0.05) is 0 Å². The maximum Gasteiger partial charge on any atom is 0.270 e. The van der Waals surface area contributed by atoms with E-state index in [0.717, 1.165) is 15.6 Å². The number of thiocarbonyl (C=S) groups is 1. The highest BCUT2D eigenvalue weighted by molar-refractivity contribution is 9.10. The standard InChI is InChI=1S/C22H21BrN2O3S/c1-12(2)28-19-6-5-15(11-18(19)23)10-17-20(26)24-22(29)25(21(17)27)16-8-13(3)7-14(4)9-16/h5-12H,1-4H3,(H,24,26,29)/b17-10+. The highest BCUT2D eigenvalue weighted by atomic mass is 79.9. The van der Waals surface area contributed by atoms with Gasteiger partial charge in [0.2, 0.25) is 0 Å². The number of anilines is 1. The first kappa shape index (κ1) is 21.2. The number of ether oxygens (including phenoxy) is 1. The molecule has 0 bridgehead atoms. The molecule has 2 aromatic carbocycles. The van der Waals surface area contributed by atoms with Crippen molar-refractivity contribution in [1.82, 2.24) is 5.32 Å². The van der Waals surface area contributed by atoms with Gasteiger partial charge in [-0.25, -0.2) is 0 Å². The summed E-state index contributed by atoms with van der Waals surface area (Å²) in [6.45, 7) is 7.78. The molecule has 1 aliphatic heterocycles. The van der Waals surface area contributed by atoms with Crippen molar-refractivity contribution in [2.75, 3.05) is 4.90 Å². The third kappa shape index (κ3) is 4.74. The van der Waals surface area contributed by atoms with E-state index in [1.54, 1.807) is 24.3 Å². The van der Waals surface area contributed by atoms with E-state index in [1.807, 2.05) is 45.9 Å². The predicted octanol–water partition coefficient (Wildman–Crippen LogP) is 4.68. The van der Waals surface area contributed by atoms with Gasteiger partial charge in [-0.3, -0.25) is 19.8 Å². The van der Waals surface area contributed by atoms with E-state index in [1.165, 1.54) is 4.90 Å². The molecule has 1 aliphatic rings. The lowest BCUT2D eigenvalue weighted by molar-refractivity contribution is -0.122. The maximum atomic E-state index is 13.1. The lowest BCUT2D eigenvalue weighted by Crippen LogP contribution is -2.54. The number of carbonyl (C=O) groups excluding carboxylic acids is 2. The molecule has 1 heterocycles. The Labute approximate surface area is 183 Å². The number of hydrogen-bond acceptors (Lipinski definition) is 4.